The van der Waals surface area contributed by atoms with Crippen LogP contribution in [-0.2, 0) is 9.53 Å². The van der Waals surface area contributed by atoms with Crippen LogP contribution < -0.4 is 29.6 Å². The minimum atomic E-state index is -0.771. The smallest absolute Gasteiger partial charge is 0.338 e. The van der Waals surface area contributed by atoms with E-state index < -0.39 is 30.6 Å². The maximum absolute atomic E-state index is 12.0. The van der Waals surface area contributed by atoms with E-state index in [1.54, 1.807) is 18.2 Å². The molecule has 2 aromatic rings. The molecule has 2 heterocycles. The third kappa shape index (κ3) is 4.54. The summed E-state index contributed by atoms with van der Waals surface area (Å²) in [6.07, 6.45) is -0.399. The number of esters is 1. The molecule has 0 aromatic heterocycles. The van der Waals surface area contributed by atoms with Crippen molar-refractivity contribution in [2.45, 2.75) is 6.10 Å². The van der Waals surface area contributed by atoms with Crippen LogP contribution in [0.15, 0.2) is 42.5 Å². The number of para-hydroxylation sites is 2. The molecule has 10 heteroatoms. The largest absolute Gasteiger partial charge is 0.486 e. The number of ether oxygens (including phenoxy) is 5. The van der Waals surface area contributed by atoms with Gasteiger partial charge in [0.2, 0.25) is 6.79 Å². The SMILES string of the molecule is O=C(COC(=O)c1ccc2c(c1)OCO2)NC(=O)NCC1COc2ccccc2O1. The number of rotatable bonds is 5. The number of carbonyl (C=O) groups excluding carboxylic acids is 3. The predicted octanol–water partition coefficient (Wildman–Crippen LogP) is 1.24. The van der Waals surface area contributed by atoms with Crippen LogP contribution in [0.5, 0.6) is 23.0 Å². The fourth-order valence-electron chi connectivity index (χ4n) is 2.82. The van der Waals surface area contributed by atoms with Crippen molar-refractivity contribution in [1.82, 2.24) is 10.6 Å². The Hall–Kier alpha value is -3.95. The second-order valence-corrected chi connectivity index (χ2v) is 6.40. The van der Waals surface area contributed by atoms with Gasteiger partial charge >= 0.3 is 12.0 Å². The van der Waals surface area contributed by atoms with E-state index in [0.29, 0.717) is 23.0 Å². The first kappa shape index (κ1) is 19.4. The second-order valence-electron chi connectivity index (χ2n) is 6.40. The van der Waals surface area contributed by atoms with Crippen LogP contribution >= 0.6 is 0 Å². The highest BCUT2D eigenvalue weighted by molar-refractivity contribution is 5.97. The van der Waals surface area contributed by atoms with Gasteiger partial charge in [-0.05, 0) is 30.3 Å². The Balaban J connectivity index is 1.18. The summed E-state index contributed by atoms with van der Waals surface area (Å²) < 4.78 is 26.5. The van der Waals surface area contributed by atoms with Crippen LogP contribution in [0.25, 0.3) is 0 Å². The van der Waals surface area contributed by atoms with Gasteiger partial charge in [-0.25, -0.2) is 9.59 Å². The Bertz CT molecular complexity index is 977. The molecule has 156 valence electrons. The van der Waals surface area contributed by atoms with Gasteiger partial charge in [-0.2, -0.15) is 0 Å². The molecular formula is C20H18N2O8. The van der Waals surface area contributed by atoms with E-state index in [9.17, 15) is 14.4 Å². The summed E-state index contributed by atoms with van der Waals surface area (Å²) in [5.74, 6) is 0.671. The molecule has 2 aliphatic heterocycles. The molecule has 1 atom stereocenters. The van der Waals surface area contributed by atoms with Crippen molar-refractivity contribution >= 4 is 17.9 Å². The van der Waals surface area contributed by atoms with E-state index in [2.05, 4.69) is 10.6 Å². The molecule has 30 heavy (non-hydrogen) atoms. The number of fused-ring (bicyclic) bond motifs is 2. The van der Waals surface area contributed by atoms with Crippen LogP contribution in [0.1, 0.15) is 10.4 Å². The maximum Gasteiger partial charge on any atom is 0.338 e. The fourth-order valence-corrected chi connectivity index (χ4v) is 2.82. The zero-order chi connectivity index (χ0) is 20.9. The third-order valence-corrected chi connectivity index (χ3v) is 4.25. The lowest BCUT2D eigenvalue weighted by Crippen LogP contribution is -2.46. The van der Waals surface area contributed by atoms with Crippen LogP contribution in [0.2, 0.25) is 0 Å². The molecule has 0 radical (unpaired) electrons. The number of hydrogen-bond donors (Lipinski definition) is 2. The van der Waals surface area contributed by atoms with Crippen molar-refractivity contribution in [2.75, 3.05) is 26.6 Å². The maximum atomic E-state index is 12.0. The van der Waals surface area contributed by atoms with Crippen LogP contribution in [0.3, 0.4) is 0 Å². The highest BCUT2D eigenvalue weighted by Gasteiger charge is 2.22. The predicted molar refractivity (Wildman–Crippen MR) is 101 cm³/mol. The molecule has 10 nitrogen and oxygen atoms in total. The number of urea groups is 1. The topological polar surface area (TPSA) is 121 Å². The van der Waals surface area contributed by atoms with Gasteiger partial charge in [0, 0.05) is 0 Å². The Morgan fingerprint density at radius 3 is 2.60 bits per heavy atom. The van der Waals surface area contributed by atoms with E-state index in [1.165, 1.54) is 12.1 Å². The highest BCUT2D eigenvalue weighted by Crippen LogP contribution is 2.32. The first-order valence-electron chi connectivity index (χ1n) is 9.11. The molecule has 3 amide bonds. The first-order chi connectivity index (χ1) is 14.6. The number of amides is 3. The van der Waals surface area contributed by atoms with Gasteiger partial charge in [-0.1, -0.05) is 12.1 Å². The van der Waals surface area contributed by atoms with Gasteiger partial charge in [0.05, 0.1) is 12.1 Å². The quantitative estimate of drug-likeness (QED) is 0.701. The van der Waals surface area contributed by atoms with Crippen LogP contribution in [-0.4, -0.2) is 50.6 Å². The summed E-state index contributed by atoms with van der Waals surface area (Å²) >= 11 is 0. The molecule has 2 aromatic carbocycles. The van der Waals surface area contributed by atoms with Gasteiger partial charge in [-0.15, -0.1) is 0 Å². The summed E-state index contributed by atoms with van der Waals surface area (Å²) in [4.78, 5) is 35.8. The van der Waals surface area contributed by atoms with Crippen molar-refractivity contribution < 1.29 is 38.1 Å². The second kappa shape index (κ2) is 8.60. The van der Waals surface area contributed by atoms with E-state index >= 15 is 0 Å². The van der Waals surface area contributed by atoms with Gasteiger partial charge in [0.15, 0.2) is 35.7 Å². The molecule has 0 saturated carbocycles. The van der Waals surface area contributed by atoms with Crippen molar-refractivity contribution in [2.24, 2.45) is 0 Å². The summed E-state index contributed by atoms with van der Waals surface area (Å²) in [6, 6.07) is 11.0. The monoisotopic (exact) mass is 414 g/mol. The Labute approximate surface area is 171 Å². The Morgan fingerprint density at radius 2 is 1.73 bits per heavy atom. The highest BCUT2D eigenvalue weighted by atomic mass is 16.7. The lowest BCUT2D eigenvalue weighted by Gasteiger charge is -2.26. The summed E-state index contributed by atoms with van der Waals surface area (Å²) in [7, 11) is 0. The molecule has 0 spiro atoms. The standard InChI is InChI=1S/C20H18N2O8/c23-18(10-27-19(24)12-5-6-15-17(7-12)29-11-28-15)22-20(25)21-8-13-9-26-14-3-1-2-4-16(14)30-13/h1-7,13H,8-11H2,(H2,21,22,23,25). The number of benzene rings is 2. The number of nitrogens with one attached hydrogen (secondary N) is 2. The molecule has 4 rings (SSSR count). The molecule has 0 saturated heterocycles. The zero-order valence-electron chi connectivity index (χ0n) is 15.7. The van der Waals surface area contributed by atoms with E-state index in [-0.39, 0.29) is 25.5 Å². The minimum Gasteiger partial charge on any atom is -0.486 e. The Kier molecular flexibility index (Phi) is 5.55. The minimum absolute atomic E-state index is 0.0793. The average molecular weight is 414 g/mol. The molecule has 2 N–H and O–H groups in total. The molecule has 1 unspecified atom stereocenters. The zero-order valence-corrected chi connectivity index (χ0v) is 15.7. The molecule has 0 fully saturated rings. The normalized spacial score (nSPS) is 15.8. The number of hydrogen-bond acceptors (Lipinski definition) is 8. The number of carbonyl (C=O) groups is 3. The third-order valence-electron chi connectivity index (χ3n) is 4.25. The van der Waals surface area contributed by atoms with Crippen LogP contribution in [0, 0.1) is 0 Å². The lowest BCUT2D eigenvalue weighted by atomic mass is 10.2. The van der Waals surface area contributed by atoms with Gasteiger partial charge in [0.1, 0.15) is 6.61 Å². The van der Waals surface area contributed by atoms with E-state index in [4.69, 9.17) is 23.7 Å². The van der Waals surface area contributed by atoms with Crippen molar-refractivity contribution in [3.8, 4) is 23.0 Å². The fraction of sp³-hybridized carbons (Fsp3) is 0.250. The molecule has 0 bridgehead atoms. The molecular weight excluding hydrogens is 396 g/mol. The van der Waals surface area contributed by atoms with Crippen LogP contribution in [0.4, 0.5) is 4.79 Å². The van der Waals surface area contributed by atoms with Gasteiger partial charge < -0.3 is 29.0 Å². The van der Waals surface area contributed by atoms with Crippen molar-refractivity contribution in [3.05, 3.63) is 48.0 Å². The first-order valence-corrected chi connectivity index (χ1v) is 9.11. The lowest BCUT2D eigenvalue weighted by molar-refractivity contribution is -0.123. The van der Waals surface area contributed by atoms with Crippen molar-refractivity contribution in [1.29, 1.82) is 0 Å². The Morgan fingerprint density at radius 1 is 0.967 bits per heavy atom. The van der Waals surface area contributed by atoms with E-state index in [0.717, 1.165) is 0 Å². The van der Waals surface area contributed by atoms with Gasteiger partial charge in [-0.3, -0.25) is 10.1 Å². The summed E-state index contributed by atoms with van der Waals surface area (Å²) in [6.45, 7) is -0.143. The van der Waals surface area contributed by atoms with Crippen molar-refractivity contribution in [3.63, 3.8) is 0 Å². The number of imide groups is 1. The van der Waals surface area contributed by atoms with E-state index in [1.807, 2.05) is 12.1 Å². The summed E-state index contributed by atoms with van der Waals surface area (Å²) in [5, 5.41) is 4.59. The molecule has 2 aliphatic rings. The average Bonchev–Trinajstić information content (AvgIpc) is 3.24. The summed E-state index contributed by atoms with van der Waals surface area (Å²) in [5.41, 5.74) is 0.200. The molecule has 0 aliphatic carbocycles. The van der Waals surface area contributed by atoms with Gasteiger partial charge in [0.25, 0.3) is 5.91 Å².